The standard InChI is InChI=1S/C47H36ClFN4O7/c48-28-13-11-27(12-14-28)47-36(44(56)53(46(47)58)51-30-17-15-29(49)16-18-30)25-35-32(41(47)33-5-1-3-7-38(33)59-24-23-54)21-22-34-40(35)45(57)52(43(34)55)31-19-9-26(10-20-31)42-50-37-6-2-4-8-39(37)60-42/h1-21,34-36,40-41,51,54H,22-25H2. The Balaban J connectivity index is 1.09. The normalized spacial score (nSPS) is 24.6. The van der Waals surface area contributed by atoms with Crippen molar-refractivity contribution in [3.8, 4) is 17.2 Å². The number of hydrazine groups is 1. The van der Waals surface area contributed by atoms with E-state index in [2.05, 4.69) is 10.4 Å². The number of para-hydroxylation sites is 3. The number of carbonyl (C=O) groups is 4. The molecule has 6 aromatic rings. The van der Waals surface area contributed by atoms with E-state index in [1.807, 2.05) is 42.5 Å². The van der Waals surface area contributed by atoms with E-state index in [1.54, 1.807) is 60.7 Å². The summed E-state index contributed by atoms with van der Waals surface area (Å²) in [6.45, 7) is -0.305. The van der Waals surface area contributed by atoms with Gasteiger partial charge in [-0.15, -0.1) is 0 Å². The summed E-state index contributed by atoms with van der Waals surface area (Å²) < 4.78 is 26.1. The first-order chi connectivity index (χ1) is 29.2. The summed E-state index contributed by atoms with van der Waals surface area (Å²) >= 11 is 6.42. The van der Waals surface area contributed by atoms with Gasteiger partial charge in [0.15, 0.2) is 5.58 Å². The average molecular weight is 823 g/mol. The predicted octanol–water partition coefficient (Wildman–Crippen LogP) is 7.85. The number of allylic oxidation sites excluding steroid dienone is 2. The maximum absolute atomic E-state index is 15.5. The molecule has 2 aliphatic carbocycles. The number of ether oxygens (including phenoxy) is 1. The molecule has 2 saturated heterocycles. The predicted molar refractivity (Wildman–Crippen MR) is 220 cm³/mol. The lowest BCUT2D eigenvalue weighted by Gasteiger charge is -2.50. The molecule has 0 radical (unpaired) electrons. The number of rotatable bonds is 9. The average Bonchev–Trinajstić information content (AvgIpc) is 3.88. The van der Waals surface area contributed by atoms with Crippen LogP contribution < -0.4 is 15.1 Å². The van der Waals surface area contributed by atoms with Gasteiger partial charge < -0.3 is 14.3 Å². The van der Waals surface area contributed by atoms with Gasteiger partial charge in [0.05, 0.1) is 41.2 Å². The van der Waals surface area contributed by atoms with Crippen molar-refractivity contribution in [2.75, 3.05) is 23.5 Å². The van der Waals surface area contributed by atoms with Crippen LogP contribution in [0.1, 0.15) is 29.9 Å². The number of nitrogens with one attached hydrogen (secondary N) is 1. The molecule has 6 unspecified atom stereocenters. The zero-order valence-electron chi connectivity index (χ0n) is 31.8. The van der Waals surface area contributed by atoms with Gasteiger partial charge in [0, 0.05) is 22.1 Å². The zero-order chi connectivity index (χ0) is 41.3. The van der Waals surface area contributed by atoms with Crippen LogP contribution in [0.25, 0.3) is 22.6 Å². The number of aromatic nitrogens is 1. The Hall–Kier alpha value is -6.63. The van der Waals surface area contributed by atoms with E-state index in [0.29, 0.717) is 55.8 Å². The SMILES string of the molecule is O=C1C2CC3C(=CCC4C(=O)N(c5ccc(-c6nc7ccccc7o6)cc5)C(=O)C43)C(c3ccccc3OCCO)C2(c2ccc(Cl)cc2)C(=O)N1Nc1ccc(F)cc1. The molecule has 3 fully saturated rings. The largest absolute Gasteiger partial charge is 0.491 e. The number of carbonyl (C=O) groups excluding carboxylic acids is 4. The van der Waals surface area contributed by atoms with E-state index in [0.717, 1.165) is 10.6 Å². The van der Waals surface area contributed by atoms with Crippen molar-refractivity contribution < 1.29 is 37.8 Å². The van der Waals surface area contributed by atoms with Gasteiger partial charge in [-0.25, -0.2) is 9.37 Å². The van der Waals surface area contributed by atoms with E-state index < -0.39 is 58.5 Å². The maximum Gasteiger partial charge on any atom is 0.260 e. The third-order valence-electron chi connectivity index (χ3n) is 12.5. The second kappa shape index (κ2) is 14.6. The summed E-state index contributed by atoms with van der Waals surface area (Å²) in [7, 11) is 0. The fourth-order valence-corrected chi connectivity index (χ4v) is 10.1. The van der Waals surface area contributed by atoms with Gasteiger partial charge in [-0.3, -0.25) is 29.5 Å². The summed E-state index contributed by atoms with van der Waals surface area (Å²) in [6.07, 6.45) is 2.25. The minimum absolute atomic E-state index is 0.0352. The van der Waals surface area contributed by atoms with Crippen molar-refractivity contribution >= 4 is 57.7 Å². The maximum atomic E-state index is 15.5. The van der Waals surface area contributed by atoms with E-state index in [1.165, 1.54) is 29.2 Å². The minimum Gasteiger partial charge on any atom is -0.491 e. The third kappa shape index (κ3) is 5.76. The topological polar surface area (TPSA) is 142 Å². The number of oxazole rings is 1. The molecule has 60 heavy (non-hydrogen) atoms. The quantitative estimate of drug-likeness (QED) is 0.110. The summed E-state index contributed by atoms with van der Waals surface area (Å²) in [4.78, 5) is 65.5. The van der Waals surface area contributed by atoms with E-state index in [9.17, 15) is 23.9 Å². The highest BCUT2D eigenvalue weighted by molar-refractivity contribution is 6.30. The van der Waals surface area contributed by atoms with Gasteiger partial charge in [-0.1, -0.05) is 65.7 Å². The van der Waals surface area contributed by atoms with Gasteiger partial charge >= 0.3 is 0 Å². The van der Waals surface area contributed by atoms with Gasteiger partial charge in [0.25, 0.3) is 11.8 Å². The number of aliphatic hydroxyl groups is 1. The van der Waals surface area contributed by atoms with Gasteiger partial charge in [-0.05, 0) is 103 Å². The van der Waals surface area contributed by atoms with Crippen LogP contribution >= 0.6 is 11.6 Å². The number of anilines is 2. The van der Waals surface area contributed by atoms with Crippen LogP contribution in [0.3, 0.4) is 0 Å². The molecule has 10 rings (SSSR count). The summed E-state index contributed by atoms with van der Waals surface area (Å²) in [5.74, 6) is -5.61. The van der Waals surface area contributed by atoms with Crippen LogP contribution in [0.2, 0.25) is 5.02 Å². The molecule has 1 saturated carbocycles. The van der Waals surface area contributed by atoms with Crippen molar-refractivity contribution in [2.45, 2.75) is 24.2 Å². The Morgan fingerprint density at radius 1 is 0.850 bits per heavy atom. The lowest BCUT2D eigenvalue weighted by molar-refractivity contribution is -0.138. The number of hydrogen-bond donors (Lipinski definition) is 2. The molecule has 1 aromatic heterocycles. The molecular weight excluding hydrogens is 787 g/mol. The second-order valence-corrected chi connectivity index (χ2v) is 16.0. The van der Waals surface area contributed by atoms with Gasteiger partial charge in [0.2, 0.25) is 17.7 Å². The highest BCUT2D eigenvalue weighted by Crippen LogP contribution is 2.65. The molecule has 6 atom stereocenters. The molecular formula is C47H36ClFN4O7. The minimum atomic E-state index is -1.59. The fraction of sp³-hybridized carbons (Fsp3) is 0.213. The van der Waals surface area contributed by atoms with Crippen molar-refractivity contribution in [3.63, 3.8) is 0 Å². The van der Waals surface area contributed by atoms with Crippen LogP contribution in [0.4, 0.5) is 15.8 Å². The number of nitrogens with zero attached hydrogens (tertiary/aromatic N) is 3. The molecule has 4 amide bonds. The third-order valence-corrected chi connectivity index (χ3v) is 12.8. The van der Waals surface area contributed by atoms with Crippen LogP contribution in [0.5, 0.6) is 5.75 Å². The number of benzene rings is 5. The zero-order valence-corrected chi connectivity index (χ0v) is 32.6. The number of halogens is 2. The van der Waals surface area contributed by atoms with Crippen LogP contribution in [-0.4, -0.2) is 51.9 Å². The Morgan fingerprint density at radius 2 is 1.58 bits per heavy atom. The molecule has 11 nitrogen and oxygen atoms in total. The molecule has 300 valence electrons. The number of amides is 4. The number of fused-ring (bicyclic) bond motifs is 5. The number of hydrogen-bond acceptors (Lipinski definition) is 9. The highest BCUT2D eigenvalue weighted by Gasteiger charge is 2.70. The Bertz CT molecular complexity index is 2700. The van der Waals surface area contributed by atoms with Crippen molar-refractivity contribution in [1.82, 2.24) is 9.99 Å². The summed E-state index contributed by atoms with van der Waals surface area (Å²) in [5.41, 5.74) is 5.95. The summed E-state index contributed by atoms with van der Waals surface area (Å²) in [5, 5.41) is 11.2. The molecule has 3 heterocycles. The van der Waals surface area contributed by atoms with E-state index >= 15 is 4.79 Å². The van der Waals surface area contributed by atoms with Gasteiger partial charge in [0.1, 0.15) is 23.7 Å². The van der Waals surface area contributed by atoms with Crippen LogP contribution in [0, 0.1) is 29.5 Å². The first-order valence-electron chi connectivity index (χ1n) is 19.7. The Labute approximate surface area is 348 Å². The van der Waals surface area contributed by atoms with Gasteiger partial charge in [-0.2, -0.15) is 5.01 Å². The smallest absolute Gasteiger partial charge is 0.260 e. The highest BCUT2D eigenvalue weighted by atomic mass is 35.5. The lowest BCUT2D eigenvalue weighted by atomic mass is 9.49. The monoisotopic (exact) mass is 822 g/mol. The first-order valence-corrected chi connectivity index (χ1v) is 20.1. The van der Waals surface area contributed by atoms with Crippen LogP contribution in [-0.2, 0) is 24.6 Å². The first kappa shape index (κ1) is 37.6. The van der Waals surface area contributed by atoms with Crippen molar-refractivity contribution in [1.29, 1.82) is 0 Å². The van der Waals surface area contributed by atoms with E-state index in [-0.39, 0.29) is 32.0 Å². The molecule has 2 N–H and O–H groups in total. The molecule has 2 aliphatic heterocycles. The Kier molecular flexibility index (Phi) is 9.14. The molecule has 13 heteroatoms. The number of imide groups is 2. The van der Waals surface area contributed by atoms with Crippen molar-refractivity contribution in [2.24, 2.45) is 23.7 Å². The second-order valence-electron chi connectivity index (χ2n) is 15.5. The Morgan fingerprint density at radius 3 is 2.33 bits per heavy atom. The lowest BCUT2D eigenvalue weighted by Crippen LogP contribution is -2.53. The fourth-order valence-electron chi connectivity index (χ4n) is 10.0. The summed E-state index contributed by atoms with van der Waals surface area (Å²) in [6, 6.07) is 33.7. The van der Waals surface area contributed by atoms with Crippen molar-refractivity contribution in [3.05, 3.63) is 155 Å². The van der Waals surface area contributed by atoms with Crippen LogP contribution in [0.15, 0.2) is 137 Å². The molecule has 5 aromatic carbocycles. The van der Waals surface area contributed by atoms with E-state index in [4.69, 9.17) is 20.8 Å². The molecule has 4 aliphatic rings. The molecule has 0 spiro atoms. The number of aliphatic hydroxyl groups excluding tert-OH is 1. The molecule has 0 bridgehead atoms.